The van der Waals surface area contributed by atoms with Crippen LogP contribution in [0.25, 0.3) is 5.57 Å². The lowest BCUT2D eigenvalue weighted by Gasteiger charge is -2.12. The fourth-order valence-electron chi connectivity index (χ4n) is 3.18. The predicted octanol–water partition coefficient (Wildman–Crippen LogP) is 5.63. The van der Waals surface area contributed by atoms with Crippen LogP contribution in [0.15, 0.2) is 59.0 Å². The van der Waals surface area contributed by atoms with Gasteiger partial charge in [-0.15, -0.1) is 10.2 Å². The Bertz CT molecular complexity index is 1010. The average Bonchev–Trinajstić information content (AvgIpc) is 3.21. The van der Waals surface area contributed by atoms with Gasteiger partial charge in [-0.05, 0) is 54.2 Å². The number of rotatable bonds is 9. The van der Waals surface area contributed by atoms with Crippen molar-refractivity contribution in [2.45, 2.75) is 39.5 Å². The SMILES string of the molecule is CCC/C=C(/CCNC(=O)c1nnc(Cc2ccccc2)o1)c1cc(Cl)ccc1C. The fraction of sp³-hybridized carbons (Fsp3) is 0.292. The number of nitrogens with one attached hydrogen (secondary N) is 1. The third kappa shape index (κ3) is 6.04. The van der Waals surface area contributed by atoms with Crippen molar-refractivity contribution in [1.29, 1.82) is 0 Å². The maximum Gasteiger partial charge on any atom is 0.308 e. The van der Waals surface area contributed by atoms with E-state index < -0.39 is 0 Å². The number of carbonyl (C=O) groups excluding carboxylic acids is 1. The van der Waals surface area contributed by atoms with E-state index in [1.165, 1.54) is 5.57 Å². The molecule has 5 nitrogen and oxygen atoms in total. The van der Waals surface area contributed by atoms with Crippen molar-refractivity contribution < 1.29 is 9.21 Å². The average molecular weight is 424 g/mol. The van der Waals surface area contributed by atoms with Crippen LogP contribution in [0, 0.1) is 6.92 Å². The van der Waals surface area contributed by atoms with Gasteiger partial charge >= 0.3 is 11.8 Å². The summed E-state index contributed by atoms with van der Waals surface area (Å²) >= 11 is 6.20. The first-order valence-corrected chi connectivity index (χ1v) is 10.5. The summed E-state index contributed by atoms with van der Waals surface area (Å²) in [4.78, 5) is 12.4. The van der Waals surface area contributed by atoms with E-state index in [9.17, 15) is 4.79 Å². The van der Waals surface area contributed by atoms with E-state index in [1.807, 2.05) is 48.5 Å². The van der Waals surface area contributed by atoms with Crippen LogP contribution in [-0.4, -0.2) is 22.6 Å². The quantitative estimate of drug-likeness (QED) is 0.484. The lowest BCUT2D eigenvalue weighted by Crippen LogP contribution is -2.25. The van der Waals surface area contributed by atoms with Crippen LogP contribution < -0.4 is 5.32 Å². The molecule has 0 unspecified atom stereocenters. The number of halogens is 1. The van der Waals surface area contributed by atoms with Gasteiger partial charge in [-0.2, -0.15) is 0 Å². The van der Waals surface area contributed by atoms with E-state index >= 15 is 0 Å². The van der Waals surface area contributed by atoms with Crippen LogP contribution in [0.5, 0.6) is 0 Å². The Morgan fingerprint density at radius 3 is 2.73 bits per heavy atom. The monoisotopic (exact) mass is 423 g/mol. The maximum absolute atomic E-state index is 12.4. The molecule has 30 heavy (non-hydrogen) atoms. The molecule has 3 rings (SSSR count). The molecular weight excluding hydrogens is 398 g/mol. The number of amides is 1. The maximum atomic E-state index is 12.4. The summed E-state index contributed by atoms with van der Waals surface area (Å²) in [5.74, 6) is 0.0443. The van der Waals surface area contributed by atoms with E-state index in [0.717, 1.165) is 29.5 Å². The second kappa shape index (κ2) is 10.7. The number of aromatic nitrogens is 2. The highest BCUT2D eigenvalue weighted by Crippen LogP contribution is 2.26. The molecule has 156 valence electrons. The van der Waals surface area contributed by atoms with Gasteiger partial charge in [-0.3, -0.25) is 4.79 Å². The summed E-state index contributed by atoms with van der Waals surface area (Å²) in [5.41, 5.74) is 4.51. The molecule has 0 spiro atoms. The molecule has 1 amide bonds. The Morgan fingerprint density at radius 2 is 1.97 bits per heavy atom. The van der Waals surface area contributed by atoms with E-state index in [2.05, 4.69) is 35.4 Å². The highest BCUT2D eigenvalue weighted by Gasteiger charge is 2.15. The third-order valence-corrected chi connectivity index (χ3v) is 5.00. The summed E-state index contributed by atoms with van der Waals surface area (Å²) in [5, 5.41) is 11.4. The molecule has 0 saturated carbocycles. The van der Waals surface area contributed by atoms with Crippen molar-refractivity contribution in [2.75, 3.05) is 6.54 Å². The van der Waals surface area contributed by atoms with Crippen molar-refractivity contribution in [3.05, 3.63) is 88.1 Å². The van der Waals surface area contributed by atoms with Crippen LogP contribution in [0.1, 0.15) is 59.5 Å². The van der Waals surface area contributed by atoms with Crippen molar-refractivity contribution in [3.8, 4) is 0 Å². The smallest absolute Gasteiger partial charge is 0.308 e. The van der Waals surface area contributed by atoms with Gasteiger partial charge in [0.1, 0.15) is 0 Å². The van der Waals surface area contributed by atoms with Crippen LogP contribution in [0.3, 0.4) is 0 Å². The van der Waals surface area contributed by atoms with Crippen LogP contribution in [-0.2, 0) is 6.42 Å². The number of unbranched alkanes of at least 4 members (excludes halogenated alkanes) is 1. The van der Waals surface area contributed by atoms with Crippen molar-refractivity contribution >= 4 is 23.1 Å². The Labute approximate surface area is 182 Å². The van der Waals surface area contributed by atoms with Gasteiger partial charge in [-0.25, -0.2) is 0 Å². The van der Waals surface area contributed by atoms with E-state index in [-0.39, 0.29) is 11.8 Å². The summed E-state index contributed by atoms with van der Waals surface area (Å²) < 4.78 is 5.52. The standard InChI is InChI=1S/C24H26ClN3O2/c1-3-4-10-19(21-16-20(25)12-11-17(21)2)13-14-26-23(29)24-28-27-22(30-24)15-18-8-6-5-7-9-18/h5-12,16H,3-4,13-15H2,1-2H3,(H,26,29)/b19-10-. The molecule has 0 aliphatic carbocycles. The first-order chi connectivity index (χ1) is 14.6. The molecule has 2 aromatic carbocycles. The van der Waals surface area contributed by atoms with Gasteiger partial charge in [0, 0.05) is 11.6 Å². The Morgan fingerprint density at radius 1 is 1.17 bits per heavy atom. The minimum Gasteiger partial charge on any atom is -0.417 e. The normalized spacial score (nSPS) is 11.5. The van der Waals surface area contributed by atoms with E-state index in [0.29, 0.717) is 30.3 Å². The Kier molecular flexibility index (Phi) is 7.80. The molecule has 1 heterocycles. The molecule has 3 aromatic rings. The summed E-state index contributed by atoms with van der Waals surface area (Å²) in [6.07, 6.45) is 5.44. The summed E-state index contributed by atoms with van der Waals surface area (Å²) in [6, 6.07) is 15.7. The zero-order valence-corrected chi connectivity index (χ0v) is 18.1. The highest BCUT2D eigenvalue weighted by atomic mass is 35.5. The molecule has 6 heteroatoms. The topological polar surface area (TPSA) is 68.0 Å². The number of hydrogen-bond acceptors (Lipinski definition) is 4. The first kappa shape index (κ1) is 21.8. The Hall–Kier alpha value is -2.92. The lowest BCUT2D eigenvalue weighted by molar-refractivity contribution is 0.0918. The second-order valence-electron chi connectivity index (χ2n) is 7.15. The highest BCUT2D eigenvalue weighted by molar-refractivity contribution is 6.30. The molecule has 0 radical (unpaired) electrons. The molecule has 0 aliphatic rings. The van der Waals surface area contributed by atoms with Crippen LogP contribution >= 0.6 is 11.6 Å². The Balaban J connectivity index is 1.60. The first-order valence-electron chi connectivity index (χ1n) is 10.2. The number of allylic oxidation sites excluding steroid dienone is 1. The van der Waals surface area contributed by atoms with Crippen molar-refractivity contribution in [3.63, 3.8) is 0 Å². The van der Waals surface area contributed by atoms with Crippen molar-refractivity contribution in [1.82, 2.24) is 15.5 Å². The minimum atomic E-state index is -0.362. The largest absolute Gasteiger partial charge is 0.417 e. The molecule has 1 N–H and O–H groups in total. The zero-order chi connectivity index (χ0) is 21.3. The number of nitrogens with zero attached hydrogens (tertiary/aromatic N) is 2. The van der Waals surface area contributed by atoms with Crippen LogP contribution in [0.4, 0.5) is 0 Å². The predicted molar refractivity (Wildman–Crippen MR) is 120 cm³/mol. The number of benzene rings is 2. The van der Waals surface area contributed by atoms with Gasteiger partial charge in [0.25, 0.3) is 0 Å². The van der Waals surface area contributed by atoms with Gasteiger partial charge in [-0.1, -0.05) is 67.4 Å². The zero-order valence-electron chi connectivity index (χ0n) is 17.3. The van der Waals surface area contributed by atoms with Gasteiger partial charge < -0.3 is 9.73 Å². The van der Waals surface area contributed by atoms with Gasteiger partial charge in [0.2, 0.25) is 5.89 Å². The van der Waals surface area contributed by atoms with Gasteiger partial charge in [0.15, 0.2) is 0 Å². The second-order valence-corrected chi connectivity index (χ2v) is 7.58. The molecule has 0 fully saturated rings. The van der Waals surface area contributed by atoms with Gasteiger partial charge in [0.05, 0.1) is 6.42 Å². The number of carbonyl (C=O) groups is 1. The van der Waals surface area contributed by atoms with Crippen LogP contribution in [0.2, 0.25) is 5.02 Å². The van der Waals surface area contributed by atoms with Crippen molar-refractivity contribution in [2.24, 2.45) is 0 Å². The van der Waals surface area contributed by atoms with E-state index in [4.69, 9.17) is 16.0 Å². The minimum absolute atomic E-state index is 0.0149. The lowest BCUT2D eigenvalue weighted by atomic mass is 9.97. The van der Waals surface area contributed by atoms with E-state index in [1.54, 1.807) is 0 Å². The fourth-order valence-corrected chi connectivity index (χ4v) is 3.35. The number of hydrogen-bond donors (Lipinski definition) is 1. The molecule has 0 atom stereocenters. The molecular formula is C24H26ClN3O2. The summed E-state index contributed by atoms with van der Waals surface area (Å²) in [6.45, 7) is 4.68. The number of aryl methyl sites for hydroxylation is 1. The molecule has 1 aromatic heterocycles. The summed E-state index contributed by atoms with van der Waals surface area (Å²) in [7, 11) is 0. The molecule has 0 aliphatic heterocycles. The molecule has 0 saturated heterocycles. The third-order valence-electron chi connectivity index (χ3n) is 4.76. The molecule has 0 bridgehead atoms.